The van der Waals surface area contributed by atoms with Gasteiger partial charge < -0.3 is 26.4 Å². The zero-order valence-corrected chi connectivity index (χ0v) is 24.8. The van der Waals surface area contributed by atoms with Gasteiger partial charge in [0.1, 0.15) is 10.9 Å². The number of carbonyl (C=O) groups excluding carboxylic acids is 1. The number of carbonyl (C=O) groups is 1. The van der Waals surface area contributed by atoms with Gasteiger partial charge in [-0.1, -0.05) is 36.5 Å². The normalized spacial score (nSPS) is 17.7. The molecule has 5 rings (SSSR count). The number of nitrogens with one attached hydrogen (secondary N) is 1. The minimum Gasteiger partial charge on any atom is -0.388 e. The Labute approximate surface area is 260 Å². The lowest BCUT2D eigenvalue weighted by Crippen LogP contribution is -2.34. The van der Waals surface area contributed by atoms with Crippen molar-refractivity contribution < 1.29 is 20.1 Å². The molecule has 2 atom stereocenters. The summed E-state index contributed by atoms with van der Waals surface area (Å²) in [6.07, 6.45) is 3.52. The molecule has 44 heavy (non-hydrogen) atoms. The first-order chi connectivity index (χ1) is 20.8. The van der Waals surface area contributed by atoms with E-state index in [4.69, 9.17) is 34.8 Å². The van der Waals surface area contributed by atoms with Crippen molar-refractivity contribution in [3.05, 3.63) is 87.4 Å². The predicted molar refractivity (Wildman–Crippen MR) is 164 cm³/mol. The highest BCUT2D eigenvalue weighted by Gasteiger charge is 2.31. The zero-order chi connectivity index (χ0) is 31.8. The summed E-state index contributed by atoms with van der Waals surface area (Å²) in [5.74, 6) is 5.35. The van der Waals surface area contributed by atoms with Gasteiger partial charge in [-0.3, -0.25) is 24.1 Å². The standard InChI is InChI=1S/C28H29Cl2N9O5/c1-15-3-2-4-22(16-7-8-33-20(9-16)26-21(36-27(15)41)12-35-39(26)28(42,43)44)37-14-34-19(11-25(37)40)18-10-17(29)5-6-23(18)38(32)13-24(30)31/h5-15,22,42-44H,2-4,31-32H2,1H3,(H,36,41)/b24-13-. The van der Waals surface area contributed by atoms with Crippen molar-refractivity contribution in [3.63, 3.8) is 0 Å². The highest BCUT2D eigenvalue weighted by Crippen LogP contribution is 2.35. The third kappa shape index (κ3) is 6.45. The van der Waals surface area contributed by atoms with Crippen LogP contribution in [-0.4, -0.2) is 45.5 Å². The smallest absolute Gasteiger partial charge is 0.388 e. The molecule has 0 saturated carbocycles. The van der Waals surface area contributed by atoms with Gasteiger partial charge in [-0.25, -0.2) is 10.8 Å². The number of amides is 1. The first kappa shape index (κ1) is 31.1. The highest BCUT2D eigenvalue weighted by atomic mass is 35.5. The lowest BCUT2D eigenvalue weighted by Gasteiger charge is -2.24. The van der Waals surface area contributed by atoms with E-state index in [2.05, 4.69) is 20.4 Å². The maximum absolute atomic E-state index is 13.7. The summed E-state index contributed by atoms with van der Waals surface area (Å²) in [5, 5.41) is 38.0. The summed E-state index contributed by atoms with van der Waals surface area (Å²) in [6.45, 7) is 1.75. The monoisotopic (exact) mass is 641 g/mol. The zero-order valence-electron chi connectivity index (χ0n) is 23.3. The Morgan fingerprint density at radius 3 is 2.61 bits per heavy atom. The van der Waals surface area contributed by atoms with Crippen LogP contribution < -0.4 is 27.5 Å². The first-order valence-corrected chi connectivity index (χ1v) is 14.2. The Hall–Kier alpha value is -4.31. The maximum Gasteiger partial charge on any atom is 0.389 e. The fraction of sp³-hybridized carbons (Fsp3) is 0.250. The molecule has 2 bridgehead atoms. The van der Waals surface area contributed by atoms with Crippen LogP contribution in [0.4, 0.5) is 11.4 Å². The van der Waals surface area contributed by atoms with E-state index in [1.165, 1.54) is 40.6 Å². The molecular formula is C28H29Cl2N9O5. The summed E-state index contributed by atoms with van der Waals surface area (Å²) in [5.41, 5.74) is 7.26. The van der Waals surface area contributed by atoms with Crippen LogP contribution in [0.15, 0.2) is 71.3 Å². The first-order valence-electron chi connectivity index (χ1n) is 13.4. The molecule has 0 aliphatic carbocycles. The molecule has 0 spiro atoms. The van der Waals surface area contributed by atoms with Crippen LogP contribution in [0.1, 0.15) is 37.8 Å². The Kier molecular flexibility index (Phi) is 8.74. The Morgan fingerprint density at radius 2 is 1.91 bits per heavy atom. The van der Waals surface area contributed by atoms with Gasteiger partial charge >= 0.3 is 6.10 Å². The molecule has 1 aromatic carbocycles. The van der Waals surface area contributed by atoms with Gasteiger partial charge in [0, 0.05) is 28.8 Å². The molecule has 1 amide bonds. The Morgan fingerprint density at radius 1 is 1.14 bits per heavy atom. The van der Waals surface area contributed by atoms with E-state index in [0.29, 0.717) is 51.5 Å². The van der Waals surface area contributed by atoms with Gasteiger partial charge in [0.05, 0.1) is 47.5 Å². The summed E-state index contributed by atoms with van der Waals surface area (Å²) < 4.78 is 1.99. The second-order valence-corrected chi connectivity index (χ2v) is 11.2. The van der Waals surface area contributed by atoms with Crippen molar-refractivity contribution in [3.8, 4) is 22.6 Å². The number of aliphatic hydroxyl groups is 3. The van der Waals surface area contributed by atoms with Gasteiger partial charge in [0.15, 0.2) is 0 Å². The van der Waals surface area contributed by atoms with E-state index in [1.54, 1.807) is 37.3 Å². The summed E-state index contributed by atoms with van der Waals surface area (Å²) in [6, 6.07) is 9.03. The number of aromatic nitrogens is 5. The average Bonchev–Trinajstić information content (AvgIpc) is 3.39. The van der Waals surface area contributed by atoms with Crippen LogP contribution in [0.3, 0.4) is 0 Å². The van der Waals surface area contributed by atoms with E-state index >= 15 is 0 Å². The van der Waals surface area contributed by atoms with Crippen LogP contribution in [-0.2, 0) is 10.9 Å². The molecule has 4 aromatic rings. The number of nitrogens with zero attached hydrogens (tertiary/aromatic N) is 6. The van der Waals surface area contributed by atoms with Crippen LogP contribution >= 0.6 is 23.2 Å². The third-order valence-corrected chi connectivity index (χ3v) is 7.56. The quantitative estimate of drug-likeness (QED) is 0.0805. The topological polar surface area (TPSA) is 211 Å². The lowest BCUT2D eigenvalue weighted by atomic mass is 9.95. The number of halogens is 2. The SMILES string of the molecule is CC1CCCC(n2cnc(-c3cc(Cl)ccc3N(N)/C=C(\N)Cl)cc2=O)c2ccnc(c2)-c2c(cnn2C(O)(O)O)NC1=O. The second-order valence-electron chi connectivity index (χ2n) is 10.3. The van der Waals surface area contributed by atoms with Crippen molar-refractivity contribution in [2.24, 2.45) is 17.5 Å². The number of benzene rings is 1. The van der Waals surface area contributed by atoms with Crippen LogP contribution in [0.5, 0.6) is 0 Å². The number of pyridine rings is 1. The molecule has 4 heterocycles. The molecule has 3 aromatic heterocycles. The molecule has 1 aliphatic heterocycles. The number of hydrazine groups is 1. The van der Waals surface area contributed by atoms with Crippen LogP contribution in [0.25, 0.3) is 22.6 Å². The molecule has 14 nitrogen and oxygen atoms in total. The van der Waals surface area contributed by atoms with Crippen LogP contribution in [0.2, 0.25) is 5.02 Å². The van der Waals surface area contributed by atoms with Crippen LogP contribution in [0, 0.1) is 5.92 Å². The fourth-order valence-corrected chi connectivity index (χ4v) is 5.38. The van der Waals surface area contributed by atoms with Crippen molar-refractivity contribution in [1.29, 1.82) is 0 Å². The number of hydrogen-bond donors (Lipinski definition) is 6. The summed E-state index contributed by atoms with van der Waals surface area (Å²) >= 11 is 12.1. The largest absolute Gasteiger partial charge is 0.389 e. The fourth-order valence-electron chi connectivity index (χ4n) is 5.10. The lowest BCUT2D eigenvalue weighted by molar-refractivity contribution is -0.380. The van der Waals surface area contributed by atoms with Gasteiger partial charge in [0.2, 0.25) is 5.91 Å². The number of anilines is 2. The molecule has 0 saturated heterocycles. The van der Waals surface area contributed by atoms with E-state index in [9.17, 15) is 24.9 Å². The molecular weight excluding hydrogens is 613 g/mol. The van der Waals surface area contributed by atoms with Crippen molar-refractivity contribution in [1.82, 2.24) is 24.3 Å². The molecule has 16 heteroatoms. The van der Waals surface area contributed by atoms with Crippen molar-refractivity contribution >= 4 is 40.5 Å². The number of fused-ring (bicyclic) bond motifs is 4. The van der Waals surface area contributed by atoms with E-state index in [-0.39, 0.29) is 33.7 Å². The summed E-state index contributed by atoms with van der Waals surface area (Å²) in [7, 11) is 0. The number of rotatable bonds is 5. The van der Waals surface area contributed by atoms with Crippen molar-refractivity contribution in [2.75, 3.05) is 10.3 Å². The molecule has 2 unspecified atom stereocenters. The van der Waals surface area contributed by atoms with E-state index in [1.807, 2.05) is 0 Å². The Bertz CT molecular complexity index is 1800. The number of nitrogens with two attached hydrogens (primary N) is 2. The second kappa shape index (κ2) is 12.4. The maximum atomic E-state index is 13.7. The van der Waals surface area contributed by atoms with Gasteiger partial charge in [-0.15, -0.1) is 0 Å². The Balaban J connectivity index is 1.62. The minimum absolute atomic E-state index is 0.0495. The molecule has 0 radical (unpaired) electrons. The molecule has 0 fully saturated rings. The number of hydrogen-bond acceptors (Lipinski definition) is 11. The minimum atomic E-state index is -3.38. The van der Waals surface area contributed by atoms with Crippen molar-refractivity contribution in [2.45, 2.75) is 38.3 Å². The third-order valence-electron chi connectivity index (χ3n) is 7.23. The highest BCUT2D eigenvalue weighted by molar-refractivity contribution is 6.31. The molecule has 1 aliphatic rings. The van der Waals surface area contributed by atoms with Gasteiger partial charge in [-0.05, 0) is 48.7 Å². The van der Waals surface area contributed by atoms with Gasteiger partial charge in [-0.2, -0.15) is 9.78 Å². The average molecular weight is 643 g/mol. The van der Waals surface area contributed by atoms with Gasteiger partial charge in [0.25, 0.3) is 5.56 Å². The summed E-state index contributed by atoms with van der Waals surface area (Å²) in [4.78, 5) is 35.5. The van der Waals surface area contributed by atoms with E-state index < -0.39 is 18.1 Å². The predicted octanol–water partition coefficient (Wildman–Crippen LogP) is 2.39. The molecule has 8 N–H and O–H groups in total. The van der Waals surface area contributed by atoms with E-state index in [0.717, 1.165) is 0 Å². The molecule has 230 valence electrons.